The molecule has 2 saturated carbocycles. The van der Waals surface area contributed by atoms with Crippen LogP contribution in [0.25, 0.3) is 17.2 Å². The number of nitrogens with one attached hydrogen (secondary N) is 1. The average Bonchev–Trinajstić information content (AvgIpc) is 3.48. The van der Waals surface area contributed by atoms with Gasteiger partial charge in [-0.05, 0) is 92.1 Å². The first kappa shape index (κ1) is 26.5. The average molecular weight is 529 g/mol. The van der Waals surface area contributed by atoms with Crippen LogP contribution >= 0.6 is 12.4 Å². The number of amides is 1. The monoisotopic (exact) mass is 528 g/mol. The van der Waals surface area contributed by atoms with E-state index in [2.05, 4.69) is 72.7 Å². The molecule has 1 amide bonds. The van der Waals surface area contributed by atoms with Gasteiger partial charge in [0.1, 0.15) is 5.75 Å². The van der Waals surface area contributed by atoms with Gasteiger partial charge < -0.3 is 10.1 Å². The van der Waals surface area contributed by atoms with Crippen molar-refractivity contribution in [1.82, 2.24) is 4.90 Å². The van der Waals surface area contributed by atoms with Crippen molar-refractivity contribution in [3.8, 4) is 16.9 Å². The van der Waals surface area contributed by atoms with Crippen molar-refractivity contribution >= 4 is 30.1 Å². The lowest BCUT2D eigenvalue weighted by Gasteiger charge is -2.31. The number of benzene rings is 3. The number of anilines is 1. The van der Waals surface area contributed by atoms with Crippen LogP contribution in [0.2, 0.25) is 0 Å². The van der Waals surface area contributed by atoms with Crippen LogP contribution in [-0.4, -0.2) is 30.5 Å². The number of hydrogen-bond donors (Lipinski definition) is 1. The summed E-state index contributed by atoms with van der Waals surface area (Å²) in [5, 5.41) is 3.10. The second-order valence-corrected chi connectivity index (χ2v) is 11.2. The number of halogens is 1. The highest BCUT2D eigenvalue weighted by Crippen LogP contribution is 2.46. The molecule has 2 bridgehead atoms. The maximum atomic E-state index is 13.2. The van der Waals surface area contributed by atoms with E-state index in [1.807, 2.05) is 24.3 Å². The first-order chi connectivity index (χ1) is 18.0. The first-order valence-electron chi connectivity index (χ1n) is 13.7. The van der Waals surface area contributed by atoms with Gasteiger partial charge in [0.25, 0.3) is 5.91 Å². The van der Waals surface area contributed by atoms with Crippen molar-refractivity contribution < 1.29 is 9.53 Å². The fourth-order valence-electron chi connectivity index (χ4n) is 6.49. The predicted octanol–water partition coefficient (Wildman–Crippen LogP) is 7.51. The third-order valence-electron chi connectivity index (χ3n) is 8.56. The maximum absolute atomic E-state index is 13.2. The van der Waals surface area contributed by atoms with Gasteiger partial charge in [-0.2, -0.15) is 0 Å². The number of aryl methyl sites for hydroxylation is 1. The zero-order valence-corrected chi connectivity index (χ0v) is 23.1. The Morgan fingerprint density at radius 2 is 1.74 bits per heavy atom. The Hall–Kier alpha value is -3.08. The summed E-state index contributed by atoms with van der Waals surface area (Å²) < 4.78 is 5.97. The molecule has 2 fully saturated rings. The Morgan fingerprint density at radius 1 is 0.974 bits per heavy atom. The largest absolute Gasteiger partial charge is 0.493 e. The summed E-state index contributed by atoms with van der Waals surface area (Å²) in [7, 11) is 2.27. The standard InChI is InChI=1S/C33H36N2O2.ClH/c1-22-3-8-25(9-4-22)26-11-14-32-29(19-26)20-28(15-16-37-32)33(36)34-30-12-6-23(7-13-30)21-35(2)31-18-24-5-10-27(31)17-24;/h3-4,6-9,11-14,19-20,24,27,31H,5,10,15-18,21H2,1-2H3,(H,34,36);1H. The SMILES string of the molecule is Cc1ccc(-c2ccc3c(c2)C=C(C(=O)Nc2ccc(CN(C)C4CC5CCC4C5)cc2)CCO3)cc1.Cl. The summed E-state index contributed by atoms with van der Waals surface area (Å²) in [4.78, 5) is 15.7. The highest BCUT2D eigenvalue weighted by molar-refractivity contribution is 6.07. The molecule has 3 atom stereocenters. The second-order valence-electron chi connectivity index (χ2n) is 11.2. The number of rotatable bonds is 6. The summed E-state index contributed by atoms with van der Waals surface area (Å²) in [5.74, 6) is 2.61. The molecule has 0 saturated heterocycles. The Kier molecular flexibility index (Phi) is 7.92. The third-order valence-corrected chi connectivity index (χ3v) is 8.56. The summed E-state index contributed by atoms with van der Waals surface area (Å²) in [6.45, 7) is 3.54. The number of hydrogen-bond acceptors (Lipinski definition) is 3. The van der Waals surface area contributed by atoms with Crippen molar-refractivity contribution in [2.24, 2.45) is 11.8 Å². The van der Waals surface area contributed by atoms with E-state index in [1.165, 1.54) is 36.8 Å². The number of ether oxygens (including phenoxy) is 1. The Bertz CT molecular complexity index is 1320. The Morgan fingerprint density at radius 3 is 2.45 bits per heavy atom. The van der Waals surface area contributed by atoms with Crippen LogP contribution in [0.5, 0.6) is 5.75 Å². The van der Waals surface area contributed by atoms with Crippen molar-refractivity contribution in [1.29, 1.82) is 0 Å². The molecule has 1 aliphatic heterocycles. The Balaban J connectivity index is 0.00000294. The lowest BCUT2D eigenvalue weighted by molar-refractivity contribution is -0.113. The molecular weight excluding hydrogens is 492 g/mol. The van der Waals surface area contributed by atoms with Gasteiger partial charge in [0, 0.05) is 35.8 Å². The highest BCUT2D eigenvalue weighted by atomic mass is 35.5. The molecule has 6 rings (SSSR count). The zero-order chi connectivity index (χ0) is 25.4. The number of carbonyl (C=O) groups excluding carboxylic acids is 1. The topological polar surface area (TPSA) is 41.6 Å². The minimum atomic E-state index is -0.0657. The predicted molar refractivity (Wildman–Crippen MR) is 158 cm³/mol. The number of carbonyl (C=O) groups is 1. The van der Waals surface area contributed by atoms with Crippen LogP contribution in [0.4, 0.5) is 5.69 Å². The van der Waals surface area contributed by atoms with Gasteiger partial charge >= 0.3 is 0 Å². The molecule has 3 aliphatic rings. The summed E-state index contributed by atoms with van der Waals surface area (Å²) in [6, 6.07) is 23.8. The summed E-state index contributed by atoms with van der Waals surface area (Å²) in [6.07, 6.45) is 8.19. The minimum absolute atomic E-state index is 0. The van der Waals surface area contributed by atoms with Gasteiger partial charge in [-0.3, -0.25) is 9.69 Å². The molecule has 0 radical (unpaired) electrons. The van der Waals surface area contributed by atoms with E-state index in [9.17, 15) is 4.79 Å². The Labute approximate surface area is 232 Å². The van der Waals surface area contributed by atoms with E-state index < -0.39 is 0 Å². The number of nitrogens with zero attached hydrogens (tertiary/aromatic N) is 1. The van der Waals surface area contributed by atoms with Crippen LogP contribution in [0.3, 0.4) is 0 Å². The minimum Gasteiger partial charge on any atom is -0.493 e. The lowest BCUT2D eigenvalue weighted by Crippen LogP contribution is -2.35. The smallest absolute Gasteiger partial charge is 0.251 e. The third kappa shape index (κ3) is 5.67. The molecule has 0 aromatic heterocycles. The molecule has 4 nitrogen and oxygen atoms in total. The molecule has 38 heavy (non-hydrogen) atoms. The van der Waals surface area contributed by atoms with Crippen LogP contribution in [0, 0.1) is 18.8 Å². The van der Waals surface area contributed by atoms with Gasteiger partial charge in [-0.25, -0.2) is 0 Å². The van der Waals surface area contributed by atoms with Gasteiger partial charge in [-0.15, -0.1) is 12.4 Å². The molecule has 1 heterocycles. The van der Waals surface area contributed by atoms with E-state index in [-0.39, 0.29) is 18.3 Å². The van der Waals surface area contributed by atoms with Gasteiger partial charge in [0.15, 0.2) is 0 Å². The van der Waals surface area contributed by atoms with Crippen LogP contribution in [0.15, 0.2) is 72.3 Å². The maximum Gasteiger partial charge on any atom is 0.251 e. The van der Waals surface area contributed by atoms with Gasteiger partial charge in [0.2, 0.25) is 0 Å². The van der Waals surface area contributed by atoms with Crippen molar-refractivity contribution in [3.05, 3.63) is 89.0 Å². The quantitative estimate of drug-likeness (QED) is 0.360. The van der Waals surface area contributed by atoms with E-state index in [0.717, 1.165) is 58.1 Å². The van der Waals surface area contributed by atoms with Crippen LogP contribution < -0.4 is 10.1 Å². The molecule has 1 N–H and O–H groups in total. The fraction of sp³-hybridized carbons (Fsp3) is 0.364. The molecular formula is C33H37ClN2O2. The molecule has 2 aliphatic carbocycles. The lowest BCUT2D eigenvalue weighted by atomic mass is 9.94. The fourth-order valence-corrected chi connectivity index (χ4v) is 6.49. The first-order valence-corrected chi connectivity index (χ1v) is 13.7. The molecule has 0 spiro atoms. The van der Waals surface area contributed by atoms with Gasteiger partial charge in [0.05, 0.1) is 6.61 Å². The van der Waals surface area contributed by atoms with E-state index in [4.69, 9.17) is 4.74 Å². The molecule has 198 valence electrons. The second kappa shape index (κ2) is 11.3. The normalized spacial score (nSPS) is 21.7. The van der Waals surface area contributed by atoms with Crippen LogP contribution in [-0.2, 0) is 11.3 Å². The van der Waals surface area contributed by atoms with Crippen molar-refractivity contribution in [2.75, 3.05) is 19.0 Å². The van der Waals surface area contributed by atoms with E-state index in [1.54, 1.807) is 0 Å². The van der Waals surface area contributed by atoms with Crippen molar-refractivity contribution in [2.45, 2.75) is 51.6 Å². The van der Waals surface area contributed by atoms with Gasteiger partial charge in [-0.1, -0.05) is 54.4 Å². The number of fused-ring (bicyclic) bond motifs is 3. The molecule has 3 aromatic rings. The van der Waals surface area contributed by atoms with Crippen molar-refractivity contribution in [3.63, 3.8) is 0 Å². The van der Waals surface area contributed by atoms with E-state index in [0.29, 0.717) is 13.0 Å². The highest BCUT2D eigenvalue weighted by Gasteiger charge is 2.41. The molecule has 3 unspecified atom stereocenters. The van der Waals surface area contributed by atoms with E-state index >= 15 is 0 Å². The van der Waals surface area contributed by atoms with Crippen LogP contribution in [0.1, 0.15) is 48.8 Å². The zero-order valence-electron chi connectivity index (χ0n) is 22.3. The molecule has 3 aromatic carbocycles. The summed E-state index contributed by atoms with van der Waals surface area (Å²) >= 11 is 0. The summed E-state index contributed by atoms with van der Waals surface area (Å²) in [5.41, 5.74) is 7.31. The molecule has 5 heteroatoms.